The molecule has 0 N–H and O–H groups in total. The average Bonchev–Trinajstić information content (AvgIpc) is 2.38. The molecule has 0 amide bonds. The predicted octanol–water partition coefficient (Wildman–Crippen LogP) is 3.61. The van der Waals surface area contributed by atoms with E-state index in [1.807, 2.05) is 45.0 Å². The van der Waals surface area contributed by atoms with Gasteiger partial charge in [0, 0.05) is 6.42 Å². The minimum absolute atomic E-state index is 0.00989. The van der Waals surface area contributed by atoms with E-state index in [0.29, 0.717) is 12.3 Å². The molecule has 0 saturated carbocycles. The number of benzene rings is 1. The van der Waals surface area contributed by atoms with Gasteiger partial charge in [-0.3, -0.25) is 4.79 Å². The second-order valence-electron chi connectivity index (χ2n) is 5.14. The Balaban J connectivity index is 2.31. The molecule has 0 radical (unpaired) electrons. The van der Waals surface area contributed by atoms with E-state index in [1.54, 1.807) is 7.11 Å². The number of carbonyl (C=O) groups is 1. The average molecular weight is 264 g/mol. The molecular formula is C16H24O3. The third-order valence-electron chi connectivity index (χ3n) is 3.24. The van der Waals surface area contributed by atoms with Gasteiger partial charge in [-0.05, 0) is 43.4 Å². The lowest BCUT2D eigenvalue weighted by atomic mass is 10.1. The van der Waals surface area contributed by atoms with Crippen LogP contribution in [0, 0.1) is 5.92 Å². The quantitative estimate of drug-likeness (QED) is 0.706. The molecule has 0 bridgehead atoms. The number of ether oxygens (including phenoxy) is 2. The molecule has 3 nitrogen and oxygen atoms in total. The Morgan fingerprint density at radius 2 is 2.00 bits per heavy atom. The summed E-state index contributed by atoms with van der Waals surface area (Å²) in [7, 11) is 1.66. The summed E-state index contributed by atoms with van der Waals surface area (Å²) < 4.78 is 10.5. The Bertz CT molecular complexity index is 399. The van der Waals surface area contributed by atoms with Gasteiger partial charge in [-0.25, -0.2) is 0 Å². The molecule has 19 heavy (non-hydrogen) atoms. The van der Waals surface area contributed by atoms with Crippen LogP contribution in [-0.2, 0) is 16.0 Å². The van der Waals surface area contributed by atoms with Crippen LogP contribution in [0.2, 0.25) is 0 Å². The van der Waals surface area contributed by atoms with Crippen LogP contribution in [0.25, 0.3) is 0 Å². The van der Waals surface area contributed by atoms with Crippen molar-refractivity contribution in [3.05, 3.63) is 29.8 Å². The molecule has 0 aliphatic heterocycles. The summed E-state index contributed by atoms with van der Waals surface area (Å²) in [5, 5.41) is 0. The van der Waals surface area contributed by atoms with Gasteiger partial charge in [0.05, 0.1) is 7.11 Å². The van der Waals surface area contributed by atoms with Crippen LogP contribution in [0.3, 0.4) is 0 Å². The second-order valence-corrected chi connectivity index (χ2v) is 5.14. The van der Waals surface area contributed by atoms with Crippen molar-refractivity contribution >= 4 is 5.97 Å². The number of rotatable bonds is 7. The predicted molar refractivity (Wildman–Crippen MR) is 76.3 cm³/mol. The number of hydrogen-bond acceptors (Lipinski definition) is 3. The molecule has 0 aromatic heterocycles. The number of aryl methyl sites for hydroxylation is 1. The minimum atomic E-state index is -0.107. The van der Waals surface area contributed by atoms with Crippen molar-refractivity contribution in [2.75, 3.05) is 7.11 Å². The Labute approximate surface area is 115 Å². The largest absolute Gasteiger partial charge is 0.497 e. The molecule has 1 atom stereocenters. The van der Waals surface area contributed by atoms with Gasteiger partial charge in [0.2, 0.25) is 0 Å². The zero-order valence-corrected chi connectivity index (χ0v) is 12.3. The standard InChI is InChI=1S/C16H24O3/c1-12(2)13(3)19-16(17)10-6-8-14-7-5-9-15(11-14)18-4/h5,7,9,11-13H,6,8,10H2,1-4H3/t13-/m1/s1. The lowest BCUT2D eigenvalue weighted by Gasteiger charge is -2.16. The molecule has 0 fully saturated rings. The highest BCUT2D eigenvalue weighted by molar-refractivity contribution is 5.69. The van der Waals surface area contributed by atoms with Crippen molar-refractivity contribution in [1.82, 2.24) is 0 Å². The van der Waals surface area contributed by atoms with E-state index < -0.39 is 0 Å². The summed E-state index contributed by atoms with van der Waals surface area (Å²) in [4.78, 5) is 11.6. The van der Waals surface area contributed by atoms with Gasteiger partial charge < -0.3 is 9.47 Å². The monoisotopic (exact) mass is 264 g/mol. The number of methoxy groups -OCH3 is 1. The fraction of sp³-hybridized carbons (Fsp3) is 0.562. The van der Waals surface area contributed by atoms with E-state index in [0.717, 1.165) is 18.6 Å². The number of hydrogen-bond donors (Lipinski definition) is 0. The maximum atomic E-state index is 11.6. The van der Waals surface area contributed by atoms with Crippen LogP contribution in [0.5, 0.6) is 5.75 Å². The highest BCUT2D eigenvalue weighted by atomic mass is 16.5. The van der Waals surface area contributed by atoms with Crippen molar-refractivity contribution in [3.8, 4) is 5.75 Å². The van der Waals surface area contributed by atoms with E-state index >= 15 is 0 Å². The van der Waals surface area contributed by atoms with Crippen molar-refractivity contribution in [1.29, 1.82) is 0 Å². The lowest BCUT2D eigenvalue weighted by Crippen LogP contribution is -2.20. The molecule has 3 heteroatoms. The minimum Gasteiger partial charge on any atom is -0.497 e. The molecule has 0 saturated heterocycles. The fourth-order valence-electron chi connectivity index (χ4n) is 1.67. The summed E-state index contributed by atoms with van der Waals surface area (Å²) in [6.45, 7) is 6.03. The van der Waals surface area contributed by atoms with Gasteiger partial charge in [-0.1, -0.05) is 26.0 Å². The fourth-order valence-corrected chi connectivity index (χ4v) is 1.67. The first-order valence-electron chi connectivity index (χ1n) is 6.85. The van der Waals surface area contributed by atoms with E-state index in [4.69, 9.17) is 9.47 Å². The zero-order chi connectivity index (χ0) is 14.3. The van der Waals surface area contributed by atoms with Gasteiger partial charge >= 0.3 is 5.97 Å². The summed E-state index contributed by atoms with van der Waals surface area (Å²) in [6, 6.07) is 7.93. The van der Waals surface area contributed by atoms with Crippen LogP contribution >= 0.6 is 0 Å². The van der Waals surface area contributed by atoms with Crippen LogP contribution < -0.4 is 4.74 Å². The second kappa shape index (κ2) is 7.82. The van der Waals surface area contributed by atoms with Crippen LogP contribution in [-0.4, -0.2) is 19.2 Å². The van der Waals surface area contributed by atoms with E-state index in [2.05, 4.69) is 0 Å². The Morgan fingerprint density at radius 1 is 1.26 bits per heavy atom. The highest BCUT2D eigenvalue weighted by Crippen LogP contribution is 2.15. The first-order valence-corrected chi connectivity index (χ1v) is 6.85. The van der Waals surface area contributed by atoms with Gasteiger partial charge in [0.1, 0.15) is 11.9 Å². The highest BCUT2D eigenvalue weighted by Gasteiger charge is 2.12. The normalized spacial score (nSPS) is 12.3. The molecule has 0 spiro atoms. The lowest BCUT2D eigenvalue weighted by molar-refractivity contribution is -0.150. The number of carbonyl (C=O) groups excluding carboxylic acids is 1. The van der Waals surface area contributed by atoms with Crippen molar-refractivity contribution in [2.24, 2.45) is 5.92 Å². The molecular weight excluding hydrogens is 240 g/mol. The van der Waals surface area contributed by atoms with Crippen molar-refractivity contribution in [3.63, 3.8) is 0 Å². The molecule has 1 aromatic carbocycles. The molecule has 1 rings (SSSR count). The Kier molecular flexibility index (Phi) is 6.40. The van der Waals surface area contributed by atoms with Gasteiger partial charge in [-0.2, -0.15) is 0 Å². The first kappa shape index (κ1) is 15.5. The maximum absolute atomic E-state index is 11.6. The van der Waals surface area contributed by atoms with Crippen molar-refractivity contribution in [2.45, 2.75) is 46.1 Å². The van der Waals surface area contributed by atoms with Gasteiger partial charge in [0.25, 0.3) is 0 Å². The van der Waals surface area contributed by atoms with Crippen LogP contribution in [0.1, 0.15) is 39.2 Å². The maximum Gasteiger partial charge on any atom is 0.306 e. The van der Waals surface area contributed by atoms with E-state index in [1.165, 1.54) is 5.56 Å². The number of esters is 1. The van der Waals surface area contributed by atoms with Crippen LogP contribution in [0.4, 0.5) is 0 Å². The Hall–Kier alpha value is -1.51. The molecule has 0 unspecified atom stereocenters. The third-order valence-corrected chi connectivity index (χ3v) is 3.24. The summed E-state index contributed by atoms with van der Waals surface area (Å²) >= 11 is 0. The molecule has 0 aliphatic rings. The molecule has 1 aromatic rings. The first-order chi connectivity index (χ1) is 9.02. The van der Waals surface area contributed by atoms with E-state index in [9.17, 15) is 4.79 Å². The van der Waals surface area contributed by atoms with Gasteiger partial charge in [0.15, 0.2) is 0 Å². The van der Waals surface area contributed by atoms with E-state index in [-0.39, 0.29) is 12.1 Å². The van der Waals surface area contributed by atoms with Gasteiger partial charge in [-0.15, -0.1) is 0 Å². The van der Waals surface area contributed by atoms with Crippen LogP contribution in [0.15, 0.2) is 24.3 Å². The summed E-state index contributed by atoms with van der Waals surface area (Å²) in [5.74, 6) is 1.11. The molecule has 0 heterocycles. The smallest absolute Gasteiger partial charge is 0.306 e. The van der Waals surface area contributed by atoms with Crippen molar-refractivity contribution < 1.29 is 14.3 Å². The SMILES string of the molecule is COc1cccc(CCCC(=O)O[C@H](C)C(C)C)c1. The molecule has 106 valence electrons. The topological polar surface area (TPSA) is 35.5 Å². The summed E-state index contributed by atoms with van der Waals surface area (Å²) in [6.07, 6.45) is 2.12. The Morgan fingerprint density at radius 3 is 2.63 bits per heavy atom. The zero-order valence-electron chi connectivity index (χ0n) is 12.3. The third kappa shape index (κ3) is 5.77. The molecule has 0 aliphatic carbocycles. The summed E-state index contributed by atoms with van der Waals surface area (Å²) in [5.41, 5.74) is 1.18.